The molecule has 5 aromatic rings. The van der Waals surface area contributed by atoms with Gasteiger partial charge in [-0.1, -0.05) is 103 Å². The minimum atomic E-state index is 0.948. The molecule has 0 radical (unpaired) electrons. The second-order valence-corrected chi connectivity index (χ2v) is 14.3. The number of nitrogens with zero attached hydrogens (tertiary/aromatic N) is 1. The highest BCUT2D eigenvalue weighted by atomic mass is 32.2. The summed E-state index contributed by atoms with van der Waals surface area (Å²) in [6, 6.07) is 30.9. The number of hydrogen-bond donors (Lipinski definition) is 0. The zero-order valence-corrected chi connectivity index (χ0v) is 29.0. The highest BCUT2D eigenvalue weighted by Gasteiger charge is 2.25. The summed E-state index contributed by atoms with van der Waals surface area (Å²) in [5.74, 6) is 0. The first-order valence-corrected chi connectivity index (χ1v) is 18.4. The smallest absolute Gasteiger partial charge is 0.0469 e. The second kappa shape index (κ2) is 13.7. The lowest BCUT2D eigenvalue weighted by Crippen LogP contribution is -2.23. The van der Waals surface area contributed by atoms with Crippen LogP contribution < -0.4 is 4.90 Å². The van der Waals surface area contributed by atoms with Gasteiger partial charge in [0.1, 0.15) is 0 Å². The largest absolute Gasteiger partial charge is 0.314 e. The number of hydrogen-bond acceptors (Lipinski definition) is 3. The van der Waals surface area contributed by atoms with E-state index in [1.165, 1.54) is 64.5 Å². The average molecular weight is 666 g/mol. The van der Waals surface area contributed by atoms with Crippen LogP contribution in [0.4, 0.5) is 5.69 Å². The maximum absolute atomic E-state index is 4.54. The van der Waals surface area contributed by atoms with Gasteiger partial charge >= 0.3 is 0 Å². The Morgan fingerprint density at radius 1 is 0.837 bits per heavy atom. The molecular weight excluding hydrogens is 631 g/mol. The van der Waals surface area contributed by atoms with Crippen molar-refractivity contribution in [1.82, 2.24) is 0 Å². The van der Waals surface area contributed by atoms with E-state index in [2.05, 4.69) is 168 Å². The van der Waals surface area contributed by atoms with Gasteiger partial charge in [-0.15, -0.1) is 17.1 Å². The summed E-state index contributed by atoms with van der Waals surface area (Å²) in [6.45, 7) is 6.58. The Labute approximate surface area is 297 Å². The van der Waals surface area contributed by atoms with Crippen molar-refractivity contribution in [3.05, 3.63) is 189 Å². The van der Waals surface area contributed by atoms with E-state index in [-0.39, 0.29) is 0 Å². The predicted molar refractivity (Wildman–Crippen MR) is 216 cm³/mol. The minimum Gasteiger partial charge on any atom is -0.314 e. The molecule has 0 saturated heterocycles. The van der Waals surface area contributed by atoms with Gasteiger partial charge in [0.05, 0.1) is 0 Å². The molecule has 0 saturated carbocycles. The Bertz CT molecular complexity index is 2360. The molecule has 236 valence electrons. The third-order valence-electron chi connectivity index (χ3n) is 9.12. The van der Waals surface area contributed by atoms with E-state index in [0.717, 1.165) is 29.8 Å². The first-order valence-electron chi connectivity index (χ1n) is 16.7. The number of benzene rings is 4. The highest BCUT2D eigenvalue weighted by molar-refractivity contribution is 8.02. The van der Waals surface area contributed by atoms with Crippen LogP contribution in [0.3, 0.4) is 0 Å². The van der Waals surface area contributed by atoms with Gasteiger partial charge in [0.25, 0.3) is 0 Å². The fourth-order valence-electron chi connectivity index (χ4n) is 6.79. The maximum Gasteiger partial charge on any atom is 0.0469 e. The quantitative estimate of drug-likeness (QED) is 0.131. The summed E-state index contributed by atoms with van der Waals surface area (Å²) in [7, 11) is 0. The van der Waals surface area contributed by atoms with E-state index in [4.69, 9.17) is 0 Å². The SMILES string of the molecule is C=C1/C=C(N(C2=Cc3c(sc4c3C=C=CC=C4)CC2)c2ccc(-c3cc(/C=C\C=C/C)cc4ccccc34)cc2)\C=C/Sc2ccccc21. The van der Waals surface area contributed by atoms with E-state index in [1.807, 2.05) is 24.3 Å². The summed E-state index contributed by atoms with van der Waals surface area (Å²) in [5, 5.41) is 4.70. The molecule has 0 amide bonds. The Kier molecular flexibility index (Phi) is 8.64. The number of rotatable bonds is 6. The molecule has 2 aliphatic carbocycles. The summed E-state index contributed by atoms with van der Waals surface area (Å²) in [5.41, 5.74) is 15.2. The fourth-order valence-corrected chi connectivity index (χ4v) is 8.81. The van der Waals surface area contributed by atoms with Gasteiger partial charge < -0.3 is 4.90 Å². The van der Waals surface area contributed by atoms with Crippen molar-refractivity contribution in [2.45, 2.75) is 24.7 Å². The van der Waals surface area contributed by atoms with Gasteiger partial charge in [0, 0.05) is 37.3 Å². The molecule has 3 aliphatic rings. The van der Waals surface area contributed by atoms with Crippen LogP contribution >= 0.6 is 23.1 Å². The van der Waals surface area contributed by atoms with Crippen LogP contribution in [0.1, 0.15) is 45.4 Å². The van der Waals surface area contributed by atoms with Crippen molar-refractivity contribution in [2.75, 3.05) is 4.90 Å². The van der Waals surface area contributed by atoms with Crippen molar-refractivity contribution in [2.24, 2.45) is 0 Å². The number of aryl methyl sites for hydroxylation is 1. The van der Waals surface area contributed by atoms with Crippen molar-refractivity contribution >= 4 is 69.4 Å². The molecule has 49 heavy (non-hydrogen) atoms. The number of anilines is 1. The lowest BCUT2D eigenvalue weighted by Gasteiger charge is -2.32. The Hall–Kier alpha value is -5.31. The van der Waals surface area contributed by atoms with Crippen LogP contribution in [0.2, 0.25) is 0 Å². The van der Waals surface area contributed by atoms with Gasteiger partial charge in [-0.25, -0.2) is 0 Å². The lowest BCUT2D eigenvalue weighted by atomic mass is 9.94. The molecule has 0 spiro atoms. The summed E-state index contributed by atoms with van der Waals surface area (Å²) in [6.07, 6.45) is 25.7. The van der Waals surface area contributed by atoms with Crippen LogP contribution in [-0.2, 0) is 6.42 Å². The number of allylic oxidation sites excluding steroid dienone is 9. The molecule has 0 N–H and O–H groups in total. The molecule has 0 bridgehead atoms. The fraction of sp³-hybridized carbons (Fsp3) is 0.0652. The van der Waals surface area contributed by atoms with Gasteiger partial charge in [-0.2, -0.15) is 0 Å². The van der Waals surface area contributed by atoms with Crippen molar-refractivity contribution in [3.8, 4) is 11.1 Å². The maximum atomic E-state index is 4.54. The number of thiophene rings is 1. The minimum absolute atomic E-state index is 0.948. The Morgan fingerprint density at radius 3 is 2.59 bits per heavy atom. The summed E-state index contributed by atoms with van der Waals surface area (Å²) >= 11 is 3.66. The van der Waals surface area contributed by atoms with E-state index in [1.54, 1.807) is 11.8 Å². The molecule has 1 nitrogen and oxygen atoms in total. The number of fused-ring (bicyclic) bond motifs is 5. The summed E-state index contributed by atoms with van der Waals surface area (Å²) < 4.78 is 0. The van der Waals surface area contributed by atoms with E-state index >= 15 is 0 Å². The molecule has 2 heterocycles. The number of thioether (sulfide) groups is 1. The first-order chi connectivity index (χ1) is 24.2. The zero-order valence-electron chi connectivity index (χ0n) is 27.4. The van der Waals surface area contributed by atoms with E-state index in [0.29, 0.717) is 0 Å². The van der Waals surface area contributed by atoms with Crippen LogP contribution in [0.5, 0.6) is 0 Å². The second-order valence-electron chi connectivity index (χ2n) is 12.3. The normalized spacial score (nSPS) is 16.8. The van der Waals surface area contributed by atoms with Crippen LogP contribution in [0.25, 0.3) is 51.8 Å². The summed E-state index contributed by atoms with van der Waals surface area (Å²) in [4.78, 5) is 6.41. The first kappa shape index (κ1) is 31.0. The molecule has 1 aromatic heterocycles. The van der Waals surface area contributed by atoms with Crippen molar-refractivity contribution in [1.29, 1.82) is 0 Å². The van der Waals surface area contributed by atoms with E-state index in [9.17, 15) is 0 Å². The molecule has 4 aromatic carbocycles. The van der Waals surface area contributed by atoms with Gasteiger partial charge in [0.15, 0.2) is 0 Å². The van der Waals surface area contributed by atoms with Gasteiger partial charge in [-0.05, 0) is 136 Å². The van der Waals surface area contributed by atoms with Crippen LogP contribution in [-0.4, -0.2) is 0 Å². The third-order valence-corrected chi connectivity index (χ3v) is 11.3. The van der Waals surface area contributed by atoms with Crippen molar-refractivity contribution in [3.63, 3.8) is 0 Å². The molecule has 1 aliphatic heterocycles. The molecule has 3 heteroatoms. The molecular formula is C46H35NS2. The topological polar surface area (TPSA) is 3.24 Å². The van der Waals surface area contributed by atoms with Crippen molar-refractivity contribution < 1.29 is 0 Å². The van der Waals surface area contributed by atoms with E-state index < -0.39 is 0 Å². The van der Waals surface area contributed by atoms with Crippen LogP contribution in [0, 0.1) is 0 Å². The monoisotopic (exact) mass is 665 g/mol. The standard InChI is InChI=1S/C46H35NS2/c1-3-4-6-13-33-29-35-14-9-10-16-40(35)42(30-33)34-20-22-36(23-21-34)47(38-26-27-48-44-18-12-11-15-39(44)32(2)28-38)37-24-25-46-43(31-37)41-17-7-5-8-19-45(41)49-46/h3-6,8-23,26-31H,2,24-25H2,1H3/b4-3-,13-6-,27-26-,38-28+. The lowest BCUT2D eigenvalue weighted by molar-refractivity contribution is 0.895. The highest BCUT2D eigenvalue weighted by Crippen LogP contribution is 2.42. The van der Waals surface area contributed by atoms with Gasteiger partial charge in [0.2, 0.25) is 0 Å². The molecule has 0 fully saturated rings. The molecule has 8 rings (SSSR count). The van der Waals surface area contributed by atoms with Gasteiger partial charge in [-0.3, -0.25) is 0 Å². The Morgan fingerprint density at radius 2 is 1.69 bits per heavy atom. The third kappa shape index (κ3) is 6.21. The van der Waals surface area contributed by atoms with Crippen LogP contribution in [0.15, 0.2) is 161 Å². The predicted octanol–water partition coefficient (Wildman–Crippen LogP) is 13.4. The Balaban J connectivity index is 1.25. The average Bonchev–Trinajstić information content (AvgIpc) is 3.30. The molecule has 0 unspecified atom stereocenters. The molecule has 0 atom stereocenters. The zero-order chi connectivity index (χ0) is 33.2.